The molecule has 0 amide bonds. The molecule has 2 aromatic carbocycles. The van der Waals surface area contributed by atoms with E-state index in [9.17, 15) is 9.90 Å². The number of unbranched alkanes of at least 4 members (excludes halogenated alkanes) is 2. The molecule has 30 heavy (non-hydrogen) atoms. The third kappa shape index (κ3) is 5.18. The van der Waals surface area contributed by atoms with Gasteiger partial charge in [-0.2, -0.15) is 0 Å². The summed E-state index contributed by atoms with van der Waals surface area (Å²) in [6.45, 7) is 6.93. The summed E-state index contributed by atoms with van der Waals surface area (Å²) < 4.78 is 2.31. The molecule has 0 aliphatic carbocycles. The van der Waals surface area contributed by atoms with Crippen LogP contribution in [-0.4, -0.2) is 20.6 Å². The Kier molecular flexibility index (Phi) is 7.45. The first kappa shape index (κ1) is 21.8. The van der Waals surface area contributed by atoms with Gasteiger partial charge in [0.15, 0.2) is 0 Å². The molecule has 3 aromatic rings. The molecule has 0 aliphatic rings. The highest BCUT2D eigenvalue weighted by Crippen LogP contribution is 2.33. The first-order chi connectivity index (χ1) is 14.5. The average molecular weight is 405 g/mol. The molecule has 4 heteroatoms. The average Bonchev–Trinajstić information content (AvgIpc) is 3.07. The third-order valence-corrected chi connectivity index (χ3v) is 5.77. The molecule has 0 bridgehead atoms. The number of aromatic nitrogens is 2. The standard InChI is InChI=1S/C26H32N2O2/c1-19(2)23(26(29)30)17-11-6-12-18-28-20(3)27-24(21-13-7-4-8-14-21)25(28)22-15-9-5-10-16-22/h4-5,7-10,13-16,19,23H,6,11-12,17-18H2,1-3H3,(H,29,30). The van der Waals surface area contributed by atoms with Crippen molar-refractivity contribution in [2.75, 3.05) is 0 Å². The zero-order valence-electron chi connectivity index (χ0n) is 18.2. The SMILES string of the molecule is Cc1nc(-c2ccccc2)c(-c2ccccc2)n1CCCCCC(C(=O)O)C(C)C. The van der Waals surface area contributed by atoms with Gasteiger partial charge in [0.2, 0.25) is 0 Å². The molecule has 0 fully saturated rings. The van der Waals surface area contributed by atoms with Gasteiger partial charge in [0, 0.05) is 17.7 Å². The number of hydrogen-bond acceptors (Lipinski definition) is 2. The van der Waals surface area contributed by atoms with Crippen molar-refractivity contribution in [2.24, 2.45) is 11.8 Å². The van der Waals surface area contributed by atoms with Crippen molar-refractivity contribution in [3.63, 3.8) is 0 Å². The molecular formula is C26H32N2O2. The smallest absolute Gasteiger partial charge is 0.306 e. The summed E-state index contributed by atoms with van der Waals surface area (Å²) in [5.41, 5.74) is 4.47. The van der Waals surface area contributed by atoms with Crippen LogP contribution in [0.5, 0.6) is 0 Å². The molecular weight excluding hydrogens is 372 g/mol. The lowest BCUT2D eigenvalue weighted by molar-refractivity contribution is -0.143. The van der Waals surface area contributed by atoms with Crippen LogP contribution >= 0.6 is 0 Å². The number of aliphatic carboxylic acids is 1. The summed E-state index contributed by atoms with van der Waals surface area (Å²) in [5, 5.41) is 9.38. The van der Waals surface area contributed by atoms with Crippen LogP contribution in [-0.2, 0) is 11.3 Å². The summed E-state index contributed by atoms with van der Waals surface area (Å²) in [7, 11) is 0. The molecule has 1 N–H and O–H groups in total. The van der Waals surface area contributed by atoms with Gasteiger partial charge in [-0.05, 0) is 25.7 Å². The van der Waals surface area contributed by atoms with Crippen LogP contribution in [0.3, 0.4) is 0 Å². The second-order valence-electron chi connectivity index (χ2n) is 8.28. The highest BCUT2D eigenvalue weighted by atomic mass is 16.4. The Morgan fingerprint density at radius 2 is 1.53 bits per heavy atom. The molecule has 0 saturated heterocycles. The lowest BCUT2D eigenvalue weighted by Crippen LogP contribution is -2.19. The van der Waals surface area contributed by atoms with Gasteiger partial charge in [-0.1, -0.05) is 87.4 Å². The van der Waals surface area contributed by atoms with E-state index in [1.165, 1.54) is 5.56 Å². The highest BCUT2D eigenvalue weighted by molar-refractivity contribution is 5.79. The maximum atomic E-state index is 11.4. The van der Waals surface area contributed by atoms with Crippen molar-refractivity contribution < 1.29 is 9.90 Å². The fraction of sp³-hybridized carbons (Fsp3) is 0.385. The van der Waals surface area contributed by atoms with Crippen molar-refractivity contribution in [3.05, 3.63) is 66.5 Å². The number of hydrogen-bond donors (Lipinski definition) is 1. The third-order valence-electron chi connectivity index (χ3n) is 5.77. The molecule has 3 rings (SSSR count). The van der Waals surface area contributed by atoms with Gasteiger partial charge in [0.1, 0.15) is 5.82 Å². The minimum Gasteiger partial charge on any atom is -0.481 e. The number of rotatable bonds is 10. The molecule has 158 valence electrons. The largest absolute Gasteiger partial charge is 0.481 e. The van der Waals surface area contributed by atoms with E-state index >= 15 is 0 Å². The van der Waals surface area contributed by atoms with Gasteiger partial charge < -0.3 is 9.67 Å². The van der Waals surface area contributed by atoms with Gasteiger partial charge in [-0.3, -0.25) is 4.79 Å². The zero-order valence-corrected chi connectivity index (χ0v) is 18.2. The van der Waals surface area contributed by atoms with Crippen LogP contribution in [0, 0.1) is 18.8 Å². The van der Waals surface area contributed by atoms with E-state index in [2.05, 4.69) is 47.9 Å². The Hall–Kier alpha value is -2.88. The molecule has 1 atom stereocenters. The molecule has 0 aliphatic heterocycles. The van der Waals surface area contributed by atoms with E-state index < -0.39 is 5.97 Å². The Morgan fingerprint density at radius 3 is 2.10 bits per heavy atom. The van der Waals surface area contributed by atoms with Crippen LogP contribution in [0.25, 0.3) is 22.5 Å². The summed E-state index contributed by atoms with van der Waals surface area (Å²) in [6, 6.07) is 20.8. The first-order valence-electron chi connectivity index (χ1n) is 10.9. The maximum absolute atomic E-state index is 11.4. The van der Waals surface area contributed by atoms with Crippen LogP contribution in [0.15, 0.2) is 60.7 Å². The minimum atomic E-state index is -0.672. The molecule has 0 radical (unpaired) electrons. The van der Waals surface area contributed by atoms with E-state index in [1.54, 1.807) is 0 Å². The predicted octanol–water partition coefficient (Wildman–Crippen LogP) is 6.44. The van der Waals surface area contributed by atoms with Crippen molar-refractivity contribution in [1.29, 1.82) is 0 Å². The minimum absolute atomic E-state index is 0.177. The van der Waals surface area contributed by atoms with Crippen LogP contribution < -0.4 is 0 Å². The van der Waals surface area contributed by atoms with Gasteiger partial charge in [0.05, 0.1) is 17.3 Å². The van der Waals surface area contributed by atoms with E-state index in [0.29, 0.717) is 0 Å². The molecule has 0 spiro atoms. The summed E-state index contributed by atoms with van der Waals surface area (Å²) in [4.78, 5) is 16.3. The number of imidazole rings is 1. The van der Waals surface area contributed by atoms with Crippen molar-refractivity contribution in [2.45, 2.75) is 53.0 Å². The summed E-state index contributed by atoms with van der Waals surface area (Å²) in [5.74, 6) is 0.272. The quantitative estimate of drug-likeness (QED) is 0.395. The Morgan fingerprint density at radius 1 is 0.933 bits per heavy atom. The Balaban J connectivity index is 1.77. The maximum Gasteiger partial charge on any atom is 0.306 e. The predicted molar refractivity (Wildman–Crippen MR) is 122 cm³/mol. The number of carboxylic acid groups (broad SMARTS) is 1. The van der Waals surface area contributed by atoms with E-state index in [0.717, 1.165) is 55.0 Å². The fourth-order valence-corrected chi connectivity index (χ4v) is 4.08. The number of benzene rings is 2. The van der Waals surface area contributed by atoms with Crippen LogP contribution in [0.2, 0.25) is 0 Å². The van der Waals surface area contributed by atoms with E-state index in [4.69, 9.17) is 4.98 Å². The summed E-state index contributed by atoms with van der Waals surface area (Å²) in [6.07, 6.45) is 3.71. The monoisotopic (exact) mass is 404 g/mol. The molecule has 1 unspecified atom stereocenters. The lowest BCUT2D eigenvalue weighted by Gasteiger charge is -2.16. The number of nitrogens with zero attached hydrogens (tertiary/aromatic N) is 2. The van der Waals surface area contributed by atoms with Crippen LogP contribution in [0.4, 0.5) is 0 Å². The molecule has 1 heterocycles. The highest BCUT2D eigenvalue weighted by Gasteiger charge is 2.21. The van der Waals surface area contributed by atoms with Crippen molar-refractivity contribution >= 4 is 5.97 Å². The lowest BCUT2D eigenvalue weighted by atomic mass is 9.90. The van der Waals surface area contributed by atoms with Crippen molar-refractivity contribution in [1.82, 2.24) is 9.55 Å². The van der Waals surface area contributed by atoms with E-state index in [-0.39, 0.29) is 11.8 Å². The zero-order chi connectivity index (χ0) is 21.5. The van der Waals surface area contributed by atoms with Crippen LogP contribution in [0.1, 0.15) is 45.4 Å². The molecule has 1 aromatic heterocycles. The van der Waals surface area contributed by atoms with Crippen molar-refractivity contribution in [3.8, 4) is 22.5 Å². The number of carboxylic acids is 1. The molecule has 4 nitrogen and oxygen atoms in total. The second-order valence-corrected chi connectivity index (χ2v) is 8.28. The first-order valence-corrected chi connectivity index (χ1v) is 10.9. The van der Waals surface area contributed by atoms with Gasteiger partial charge >= 0.3 is 5.97 Å². The van der Waals surface area contributed by atoms with Gasteiger partial charge in [-0.15, -0.1) is 0 Å². The van der Waals surface area contributed by atoms with Gasteiger partial charge in [-0.25, -0.2) is 4.98 Å². The Bertz CT molecular complexity index is 946. The van der Waals surface area contributed by atoms with Gasteiger partial charge in [0.25, 0.3) is 0 Å². The van der Waals surface area contributed by atoms with E-state index in [1.807, 2.05) is 38.1 Å². The number of aryl methyl sites for hydroxylation is 1. The Labute approximate surface area is 179 Å². The second kappa shape index (κ2) is 10.2. The normalized spacial score (nSPS) is 12.3. The summed E-state index contributed by atoms with van der Waals surface area (Å²) >= 11 is 0. The number of carbonyl (C=O) groups is 1. The molecule has 0 saturated carbocycles. The topological polar surface area (TPSA) is 55.1 Å². The fourth-order valence-electron chi connectivity index (χ4n) is 4.08.